The summed E-state index contributed by atoms with van der Waals surface area (Å²) in [6.45, 7) is 0. The predicted molar refractivity (Wildman–Crippen MR) is 83.7 cm³/mol. The van der Waals surface area contributed by atoms with Gasteiger partial charge in [-0.15, -0.1) is 5.10 Å². The molecule has 1 heterocycles. The van der Waals surface area contributed by atoms with E-state index in [2.05, 4.69) is 10.3 Å². The van der Waals surface area contributed by atoms with E-state index in [1.807, 2.05) is 12.1 Å². The molecule has 3 rings (SSSR count). The highest BCUT2D eigenvalue weighted by Crippen LogP contribution is 2.22. The molecule has 0 bridgehead atoms. The molecule has 0 amide bonds. The number of carbonyl (C=O) groups excluding carboxylic acids is 1. The zero-order valence-corrected chi connectivity index (χ0v) is 12.2. The summed E-state index contributed by atoms with van der Waals surface area (Å²) < 4.78 is 1.25. The van der Waals surface area contributed by atoms with Gasteiger partial charge in [-0.1, -0.05) is 46.6 Å². The molecule has 0 saturated heterocycles. The van der Waals surface area contributed by atoms with E-state index in [9.17, 15) is 4.79 Å². The van der Waals surface area contributed by atoms with Gasteiger partial charge in [-0.3, -0.25) is 4.79 Å². The number of hydrogen-bond donors (Lipinski definition) is 0. The molecule has 0 atom stereocenters. The Morgan fingerprint density at radius 1 is 1.14 bits per heavy atom. The van der Waals surface area contributed by atoms with Crippen LogP contribution in [0.3, 0.4) is 0 Å². The average Bonchev–Trinajstić information content (AvgIpc) is 2.90. The monoisotopic (exact) mass is 317 g/mol. The normalized spacial score (nSPS) is 11.3. The lowest BCUT2D eigenvalue weighted by Crippen LogP contribution is -2.08. The maximum absolute atomic E-state index is 12.2. The lowest BCUT2D eigenvalue weighted by molar-refractivity contribution is 0.0958. The number of rotatable bonds is 2. The number of allylic oxidation sites excluding steroid dienone is 1. The zero-order chi connectivity index (χ0) is 14.8. The number of hydrogen-bond acceptors (Lipinski definition) is 3. The van der Waals surface area contributed by atoms with Crippen molar-refractivity contribution in [2.75, 3.05) is 0 Å². The van der Waals surface area contributed by atoms with Crippen LogP contribution in [-0.2, 0) is 0 Å². The molecule has 4 nitrogen and oxygen atoms in total. The van der Waals surface area contributed by atoms with Crippen LogP contribution in [0.15, 0.2) is 48.5 Å². The number of benzene rings is 2. The molecule has 0 aliphatic carbocycles. The molecule has 0 spiro atoms. The Kier molecular flexibility index (Phi) is 3.73. The first-order chi connectivity index (χ1) is 10.1. The van der Waals surface area contributed by atoms with Gasteiger partial charge in [-0.25, -0.2) is 0 Å². The van der Waals surface area contributed by atoms with Gasteiger partial charge in [0, 0.05) is 16.1 Å². The van der Waals surface area contributed by atoms with Gasteiger partial charge in [0.05, 0.1) is 5.52 Å². The van der Waals surface area contributed by atoms with E-state index >= 15 is 0 Å². The number of carbonyl (C=O) groups is 1. The van der Waals surface area contributed by atoms with Crippen molar-refractivity contribution < 1.29 is 4.79 Å². The van der Waals surface area contributed by atoms with Crippen molar-refractivity contribution in [3.63, 3.8) is 0 Å². The van der Waals surface area contributed by atoms with Crippen LogP contribution in [0.5, 0.6) is 0 Å². The zero-order valence-electron chi connectivity index (χ0n) is 10.7. The minimum Gasteiger partial charge on any atom is -0.267 e. The molecule has 2 aromatic carbocycles. The fourth-order valence-corrected chi connectivity index (χ4v) is 2.37. The lowest BCUT2D eigenvalue weighted by atomic mass is 10.2. The third kappa shape index (κ3) is 2.82. The highest BCUT2D eigenvalue weighted by Gasteiger charge is 2.08. The number of halogens is 2. The summed E-state index contributed by atoms with van der Waals surface area (Å²) in [6.07, 6.45) is 3.02. The SMILES string of the molecule is O=C(C=Cc1ccc(Cl)cc1Cl)n1nnc2ccccc21. The van der Waals surface area contributed by atoms with Crippen LogP contribution in [0.2, 0.25) is 10.0 Å². The van der Waals surface area contributed by atoms with Crippen molar-refractivity contribution >= 4 is 46.2 Å². The Morgan fingerprint density at radius 2 is 1.95 bits per heavy atom. The molecule has 3 aromatic rings. The summed E-state index contributed by atoms with van der Waals surface area (Å²) in [6, 6.07) is 12.3. The highest BCUT2D eigenvalue weighted by atomic mass is 35.5. The predicted octanol–water partition coefficient (Wildman–Crippen LogP) is 4.09. The minimum atomic E-state index is -0.297. The largest absolute Gasteiger partial charge is 0.272 e. The third-order valence-electron chi connectivity index (χ3n) is 2.93. The Labute approximate surface area is 130 Å². The molecule has 21 heavy (non-hydrogen) atoms. The fourth-order valence-electron chi connectivity index (χ4n) is 1.90. The van der Waals surface area contributed by atoms with E-state index in [1.165, 1.54) is 10.8 Å². The van der Waals surface area contributed by atoms with E-state index < -0.39 is 0 Å². The Bertz CT molecular complexity index is 855. The molecule has 0 saturated carbocycles. The maximum atomic E-state index is 12.2. The molecule has 0 N–H and O–H groups in total. The number of fused-ring (bicyclic) bond motifs is 1. The lowest BCUT2D eigenvalue weighted by Gasteiger charge is -1.99. The van der Waals surface area contributed by atoms with Gasteiger partial charge in [0.2, 0.25) is 0 Å². The van der Waals surface area contributed by atoms with E-state index in [-0.39, 0.29) is 5.91 Å². The quantitative estimate of drug-likeness (QED) is 0.669. The first-order valence-electron chi connectivity index (χ1n) is 6.13. The number of nitrogens with zero attached hydrogens (tertiary/aromatic N) is 3. The number of aromatic nitrogens is 3. The molecule has 6 heteroatoms. The van der Waals surface area contributed by atoms with Crippen molar-refractivity contribution in [2.45, 2.75) is 0 Å². The summed E-state index contributed by atoms with van der Waals surface area (Å²) in [5.74, 6) is -0.297. The van der Waals surface area contributed by atoms with E-state index in [0.29, 0.717) is 26.6 Å². The summed E-state index contributed by atoms with van der Waals surface area (Å²) >= 11 is 11.9. The van der Waals surface area contributed by atoms with Crippen LogP contribution in [0, 0.1) is 0 Å². The molecule has 0 unspecified atom stereocenters. The van der Waals surface area contributed by atoms with Crippen LogP contribution in [-0.4, -0.2) is 20.9 Å². The fraction of sp³-hybridized carbons (Fsp3) is 0. The van der Waals surface area contributed by atoms with Gasteiger partial charge in [0.25, 0.3) is 5.91 Å². The summed E-state index contributed by atoms with van der Waals surface area (Å²) in [5, 5.41) is 8.82. The highest BCUT2D eigenvalue weighted by molar-refractivity contribution is 6.35. The van der Waals surface area contributed by atoms with Crippen molar-refractivity contribution in [2.24, 2.45) is 0 Å². The molecule has 0 fully saturated rings. The first-order valence-corrected chi connectivity index (χ1v) is 6.88. The topological polar surface area (TPSA) is 47.8 Å². The summed E-state index contributed by atoms with van der Waals surface area (Å²) in [5.41, 5.74) is 2.04. The molecule has 1 aromatic heterocycles. The summed E-state index contributed by atoms with van der Waals surface area (Å²) in [7, 11) is 0. The molecule has 0 aliphatic heterocycles. The van der Waals surface area contributed by atoms with Crippen LogP contribution in [0.25, 0.3) is 17.1 Å². The average molecular weight is 318 g/mol. The second kappa shape index (κ2) is 5.68. The standard InChI is InChI=1S/C15H9Cl2N3O/c16-11-7-5-10(12(17)9-11)6-8-15(21)20-14-4-2-1-3-13(14)18-19-20/h1-9H. The van der Waals surface area contributed by atoms with Crippen molar-refractivity contribution in [1.29, 1.82) is 0 Å². The van der Waals surface area contributed by atoms with Crippen LogP contribution < -0.4 is 0 Å². The van der Waals surface area contributed by atoms with Crippen molar-refractivity contribution in [1.82, 2.24) is 15.0 Å². The van der Waals surface area contributed by atoms with Gasteiger partial charge in [0.15, 0.2) is 0 Å². The second-order valence-corrected chi connectivity index (χ2v) is 5.17. The summed E-state index contributed by atoms with van der Waals surface area (Å²) in [4.78, 5) is 12.2. The first kappa shape index (κ1) is 13.8. The van der Waals surface area contributed by atoms with E-state index in [1.54, 1.807) is 36.4 Å². The second-order valence-electron chi connectivity index (χ2n) is 4.33. The van der Waals surface area contributed by atoms with Gasteiger partial charge in [0.1, 0.15) is 5.52 Å². The van der Waals surface area contributed by atoms with Crippen LogP contribution in [0.1, 0.15) is 10.4 Å². The Hall–Kier alpha value is -2.17. The minimum absolute atomic E-state index is 0.297. The van der Waals surface area contributed by atoms with Gasteiger partial charge in [-0.2, -0.15) is 4.68 Å². The van der Waals surface area contributed by atoms with Crippen LogP contribution in [0.4, 0.5) is 0 Å². The van der Waals surface area contributed by atoms with Crippen LogP contribution >= 0.6 is 23.2 Å². The van der Waals surface area contributed by atoms with Gasteiger partial charge >= 0.3 is 0 Å². The molecular formula is C15H9Cl2N3O. The van der Waals surface area contributed by atoms with Crippen molar-refractivity contribution in [3.8, 4) is 0 Å². The Morgan fingerprint density at radius 3 is 2.76 bits per heavy atom. The van der Waals surface area contributed by atoms with Gasteiger partial charge in [-0.05, 0) is 35.9 Å². The maximum Gasteiger partial charge on any atom is 0.272 e. The Balaban J connectivity index is 1.91. The van der Waals surface area contributed by atoms with Gasteiger partial charge < -0.3 is 0 Å². The molecule has 0 radical (unpaired) electrons. The number of para-hydroxylation sites is 1. The van der Waals surface area contributed by atoms with E-state index in [0.717, 1.165) is 0 Å². The molecule has 104 valence electrons. The van der Waals surface area contributed by atoms with Crippen molar-refractivity contribution in [3.05, 3.63) is 64.1 Å². The van der Waals surface area contributed by atoms with E-state index in [4.69, 9.17) is 23.2 Å². The smallest absolute Gasteiger partial charge is 0.267 e. The molecular weight excluding hydrogens is 309 g/mol. The molecule has 0 aliphatic rings. The third-order valence-corrected chi connectivity index (χ3v) is 3.49.